The van der Waals surface area contributed by atoms with Gasteiger partial charge in [-0.2, -0.15) is 0 Å². The fourth-order valence-corrected chi connectivity index (χ4v) is 2.51. The maximum Gasteiger partial charge on any atom is 0.0702 e. The predicted molar refractivity (Wildman–Crippen MR) is 60.4 cm³/mol. The van der Waals surface area contributed by atoms with Gasteiger partial charge in [-0.3, -0.25) is 0 Å². The first kappa shape index (κ1) is 9.10. The molecule has 0 bridgehead atoms. The fourth-order valence-electron chi connectivity index (χ4n) is 1.52. The van der Waals surface area contributed by atoms with E-state index in [0.29, 0.717) is 0 Å². The standard InChI is InChI=1S/C10H9BrClN/c1-6-10(12)9-7(11)4-3-5-8(9)13(6)2/h3-5H,1-2H3. The Morgan fingerprint density at radius 2 is 2.08 bits per heavy atom. The van der Waals surface area contributed by atoms with Crippen molar-refractivity contribution in [2.75, 3.05) is 0 Å². The monoisotopic (exact) mass is 257 g/mol. The van der Waals surface area contributed by atoms with E-state index in [1.165, 1.54) is 0 Å². The van der Waals surface area contributed by atoms with Gasteiger partial charge in [-0.25, -0.2) is 0 Å². The zero-order chi connectivity index (χ0) is 9.59. The van der Waals surface area contributed by atoms with Crippen molar-refractivity contribution < 1.29 is 0 Å². The first-order valence-electron chi connectivity index (χ1n) is 4.02. The van der Waals surface area contributed by atoms with Crippen LogP contribution in [0, 0.1) is 6.92 Å². The summed E-state index contributed by atoms with van der Waals surface area (Å²) in [4.78, 5) is 0. The lowest BCUT2D eigenvalue weighted by molar-refractivity contribution is 0.918. The molecule has 0 unspecified atom stereocenters. The largest absolute Gasteiger partial charge is 0.346 e. The predicted octanol–water partition coefficient (Wildman–Crippen LogP) is 3.90. The van der Waals surface area contributed by atoms with Crippen LogP contribution in [0.15, 0.2) is 22.7 Å². The van der Waals surface area contributed by atoms with Crippen LogP contribution in [0.4, 0.5) is 0 Å². The van der Waals surface area contributed by atoms with Gasteiger partial charge in [0.1, 0.15) is 0 Å². The minimum atomic E-state index is 0.838. The molecule has 0 saturated heterocycles. The minimum absolute atomic E-state index is 0.838. The summed E-state index contributed by atoms with van der Waals surface area (Å²) in [5.41, 5.74) is 2.26. The van der Waals surface area contributed by atoms with E-state index >= 15 is 0 Å². The summed E-state index contributed by atoms with van der Waals surface area (Å²) in [5.74, 6) is 0. The van der Waals surface area contributed by atoms with Crippen LogP contribution < -0.4 is 0 Å². The molecule has 1 aromatic heterocycles. The number of benzene rings is 1. The van der Waals surface area contributed by atoms with Crippen molar-refractivity contribution in [2.45, 2.75) is 6.92 Å². The number of hydrogen-bond acceptors (Lipinski definition) is 0. The molecule has 0 radical (unpaired) electrons. The number of hydrogen-bond donors (Lipinski definition) is 0. The second-order valence-corrected chi connectivity index (χ2v) is 4.32. The van der Waals surface area contributed by atoms with Gasteiger partial charge in [0.15, 0.2) is 0 Å². The topological polar surface area (TPSA) is 4.93 Å². The normalized spacial score (nSPS) is 11.1. The van der Waals surface area contributed by atoms with Crippen molar-refractivity contribution in [1.82, 2.24) is 4.57 Å². The average Bonchev–Trinajstić information content (AvgIpc) is 2.33. The minimum Gasteiger partial charge on any atom is -0.346 e. The Morgan fingerprint density at radius 3 is 2.69 bits per heavy atom. The van der Waals surface area contributed by atoms with Crippen molar-refractivity contribution >= 4 is 38.4 Å². The van der Waals surface area contributed by atoms with Crippen molar-refractivity contribution in [3.8, 4) is 0 Å². The van der Waals surface area contributed by atoms with Crippen LogP contribution in [0.3, 0.4) is 0 Å². The highest BCUT2D eigenvalue weighted by molar-refractivity contribution is 9.10. The summed E-state index contributed by atoms with van der Waals surface area (Å²) in [6, 6.07) is 6.09. The molecule has 0 fully saturated rings. The second-order valence-electron chi connectivity index (χ2n) is 3.09. The molecule has 2 aromatic rings. The Morgan fingerprint density at radius 1 is 1.38 bits per heavy atom. The maximum absolute atomic E-state index is 6.20. The first-order chi connectivity index (χ1) is 6.13. The zero-order valence-electron chi connectivity index (χ0n) is 7.44. The molecule has 0 aliphatic rings. The van der Waals surface area contributed by atoms with Crippen LogP contribution in [0.5, 0.6) is 0 Å². The summed E-state index contributed by atoms with van der Waals surface area (Å²) in [5, 5.41) is 1.94. The molecular formula is C10H9BrClN. The lowest BCUT2D eigenvalue weighted by Crippen LogP contribution is -1.88. The van der Waals surface area contributed by atoms with Gasteiger partial charge < -0.3 is 4.57 Å². The zero-order valence-corrected chi connectivity index (χ0v) is 9.78. The molecule has 13 heavy (non-hydrogen) atoms. The third-order valence-electron chi connectivity index (χ3n) is 2.39. The molecular weight excluding hydrogens is 249 g/mol. The van der Waals surface area contributed by atoms with Gasteiger partial charge in [-0.15, -0.1) is 0 Å². The Balaban J connectivity index is 3.03. The van der Waals surface area contributed by atoms with E-state index in [1.54, 1.807) is 0 Å². The molecule has 68 valence electrons. The molecule has 1 nitrogen and oxygen atoms in total. The van der Waals surface area contributed by atoms with Gasteiger partial charge in [0.25, 0.3) is 0 Å². The molecule has 0 spiro atoms. The molecule has 0 amide bonds. The summed E-state index contributed by atoms with van der Waals surface area (Å²) in [6.45, 7) is 2.02. The van der Waals surface area contributed by atoms with Crippen molar-refractivity contribution in [1.29, 1.82) is 0 Å². The van der Waals surface area contributed by atoms with Crippen LogP contribution in [0.25, 0.3) is 10.9 Å². The average molecular weight is 259 g/mol. The van der Waals surface area contributed by atoms with Crippen LogP contribution in [-0.2, 0) is 7.05 Å². The van der Waals surface area contributed by atoms with E-state index in [9.17, 15) is 0 Å². The molecule has 0 aliphatic carbocycles. The highest BCUT2D eigenvalue weighted by atomic mass is 79.9. The van der Waals surface area contributed by atoms with Crippen LogP contribution >= 0.6 is 27.5 Å². The number of aromatic nitrogens is 1. The van der Waals surface area contributed by atoms with Crippen molar-refractivity contribution in [3.05, 3.63) is 33.4 Å². The van der Waals surface area contributed by atoms with E-state index in [1.807, 2.05) is 26.1 Å². The van der Waals surface area contributed by atoms with E-state index in [4.69, 9.17) is 11.6 Å². The first-order valence-corrected chi connectivity index (χ1v) is 5.19. The smallest absolute Gasteiger partial charge is 0.0702 e. The van der Waals surface area contributed by atoms with Crippen LogP contribution in [-0.4, -0.2) is 4.57 Å². The molecule has 0 atom stereocenters. The van der Waals surface area contributed by atoms with Crippen molar-refractivity contribution in [3.63, 3.8) is 0 Å². The Labute approximate surface area is 90.4 Å². The van der Waals surface area contributed by atoms with Gasteiger partial charge in [0.2, 0.25) is 0 Å². The quantitative estimate of drug-likeness (QED) is 0.675. The lowest BCUT2D eigenvalue weighted by atomic mass is 10.2. The Hall–Kier alpha value is -0.470. The van der Waals surface area contributed by atoms with Crippen LogP contribution in [0.1, 0.15) is 5.69 Å². The Kier molecular flexibility index (Phi) is 2.12. The van der Waals surface area contributed by atoms with E-state index in [0.717, 1.165) is 26.1 Å². The van der Waals surface area contributed by atoms with E-state index < -0.39 is 0 Å². The lowest BCUT2D eigenvalue weighted by Gasteiger charge is -1.97. The van der Waals surface area contributed by atoms with Gasteiger partial charge in [0, 0.05) is 22.6 Å². The van der Waals surface area contributed by atoms with Crippen molar-refractivity contribution in [2.24, 2.45) is 7.05 Å². The third kappa shape index (κ3) is 1.20. The number of rotatable bonds is 0. The molecule has 1 heterocycles. The van der Waals surface area contributed by atoms with Gasteiger partial charge in [0.05, 0.1) is 10.5 Å². The molecule has 1 aromatic carbocycles. The molecule has 0 saturated carbocycles. The number of nitrogens with zero attached hydrogens (tertiary/aromatic N) is 1. The summed E-state index contributed by atoms with van der Waals surface area (Å²) in [7, 11) is 2.02. The summed E-state index contributed by atoms with van der Waals surface area (Å²) < 4.78 is 3.15. The highest BCUT2D eigenvalue weighted by Gasteiger charge is 2.11. The van der Waals surface area contributed by atoms with Crippen LogP contribution in [0.2, 0.25) is 5.02 Å². The molecule has 0 N–H and O–H groups in total. The second kappa shape index (κ2) is 3.03. The fraction of sp³-hybridized carbons (Fsp3) is 0.200. The van der Waals surface area contributed by atoms with E-state index in [2.05, 4.69) is 26.6 Å². The van der Waals surface area contributed by atoms with Gasteiger partial charge in [-0.05, 0) is 19.1 Å². The highest BCUT2D eigenvalue weighted by Crippen LogP contribution is 2.34. The molecule has 2 rings (SSSR count). The number of aryl methyl sites for hydroxylation is 1. The number of fused-ring (bicyclic) bond motifs is 1. The summed E-state index contributed by atoms with van der Waals surface area (Å²) >= 11 is 9.70. The number of halogens is 2. The maximum atomic E-state index is 6.20. The molecule has 0 aliphatic heterocycles. The third-order valence-corrected chi connectivity index (χ3v) is 3.52. The SMILES string of the molecule is Cc1c(Cl)c2c(Br)cccc2n1C. The van der Waals surface area contributed by atoms with Gasteiger partial charge >= 0.3 is 0 Å². The van der Waals surface area contributed by atoms with Gasteiger partial charge in [-0.1, -0.05) is 33.6 Å². The summed E-state index contributed by atoms with van der Waals surface area (Å²) in [6.07, 6.45) is 0. The Bertz CT molecular complexity index is 473. The molecule has 3 heteroatoms. The van der Waals surface area contributed by atoms with E-state index in [-0.39, 0.29) is 0 Å².